The third-order valence-corrected chi connectivity index (χ3v) is 5.93. The minimum absolute atomic E-state index is 0.00139. The molecule has 0 aliphatic heterocycles. The van der Waals surface area contributed by atoms with E-state index in [0.717, 1.165) is 32.1 Å². The molecule has 4 nitrogen and oxygen atoms in total. The molecule has 0 aromatic rings. The molecule has 5 heteroatoms. The van der Waals surface area contributed by atoms with Gasteiger partial charge in [-0.2, -0.15) is 0 Å². The number of carboxylic acid groups (broad SMARTS) is 2. The Bertz CT molecular complexity index is 430. The normalized spacial score (nSPS) is 49.3. The molecule has 4 rings (SSSR count). The summed E-state index contributed by atoms with van der Waals surface area (Å²) in [5, 5.41) is 18.5. The quantitative estimate of drug-likeness (QED) is 0.781. The van der Waals surface area contributed by atoms with Gasteiger partial charge in [0.1, 0.15) is 0 Å². The second-order valence-electron chi connectivity index (χ2n) is 8.16. The zero-order valence-corrected chi connectivity index (χ0v) is 12.5. The highest BCUT2D eigenvalue weighted by molar-refractivity contribution is 6.24. The Morgan fingerprint density at radius 2 is 1.35 bits per heavy atom. The molecule has 0 aromatic heterocycles. The average Bonchev–Trinajstić information content (AvgIpc) is 2.03. The van der Waals surface area contributed by atoms with Crippen LogP contribution in [0.1, 0.15) is 58.3 Å². The van der Waals surface area contributed by atoms with Gasteiger partial charge in [-0.25, -0.2) is 0 Å². The van der Waals surface area contributed by atoms with Crippen molar-refractivity contribution in [2.45, 2.75) is 63.2 Å². The first kappa shape index (κ1) is 14.2. The van der Waals surface area contributed by atoms with Crippen LogP contribution in [-0.2, 0) is 9.59 Å². The Morgan fingerprint density at radius 1 is 0.900 bits per heavy atom. The highest BCUT2D eigenvalue weighted by Crippen LogP contribution is 2.74. The van der Waals surface area contributed by atoms with Gasteiger partial charge in [0, 0.05) is 4.87 Å². The number of carbonyl (C=O) groups is 2. The fraction of sp³-hybridized carbons (Fsp3) is 0.867. The van der Waals surface area contributed by atoms with Crippen molar-refractivity contribution in [3.8, 4) is 0 Å². The van der Waals surface area contributed by atoms with Crippen LogP contribution in [0.25, 0.3) is 0 Å². The maximum atomic E-state index is 11.3. The fourth-order valence-corrected chi connectivity index (χ4v) is 7.37. The molecular weight excluding hydrogens is 280 g/mol. The maximum Gasteiger partial charge on any atom is 0.303 e. The predicted molar refractivity (Wildman–Crippen MR) is 73.8 cm³/mol. The summed E-state index contributed by atoms with van der Waals surface area (Å²) < 4.78 is 0. The summed E-state index contributed by atoms with van der Waals surface area (Å²) in [4.78, 5) is 22.1. The summed E-state index contributed by atoms with van der Waals surface area (Å²) in [6, 6.07) is 0. The van der Waals surface area contributed by atoms with Gasteiger partial charge >= 0.3 is 11.9 Å². The van der Waals surface area contributed by atoms with Crippen molar-refractivity contribution in [1.29, 1.82) is 0 Å². The lowest BCUT2D eigenvalue weighted by Gasteiger charge is -2.68. The molecule has 0 spiro atoms. The Labute approximate surface area is 123 Å². The van der Waals surface area contributed by atoms with Gasteiger partial charge in [0.15, 0.2) is 0 Å². The summed E-state index contributed by atoms with van der Waals surface area (Å²) in [5.74, 6) is -1.58. The monoisotopic (exact) mass is 300 g/mol. The van der Waals surface area contributed by atoms with E-state index in [2.05, 4.69) is 6.92 Å². The number of halogens is 1. The summed E-state index contributed by atoms with van der Waals surface area (Å²) in [6.45, 7) is 2.16. The van der Waals surface area contributed by atoms with Crippen molar-refractivity contribution in [3.63, 3.8) is 0 Å². The Morgan fingerprint density at radius 3 is 1.70 bits per heavy atom. The molecule has 4 bridgehead atoms. The molecule has 0 heterocycles. The molecular formula is C15H21ClO4. The topological polar surface area (TPSA) is 74.6 Å². The third kappa shape index (κ3) is 2.22. The van der Waals surface area contributed by atoms with Gasteiger partial charge in [-0.15, -0.1) is 11.6 Å². The van der Waals surface area contributed by atoms with E-state index >= 15 is 0 Å². The Kier molecular flexibility index (Phi) is 2.77. The maximum absolute atomic E-state index is 11.3. The van der Waals surface area contributed by atoms with Gasteiger partial charge in [-0.3, -0.25) is 9.59 Å². The van der Waals surface area contributed by atoms with Crippen LogP contribution in [0.2, 0.25) is 0 Å². The third-order valence-electron chi connectivity index (χ3n) is 5.53. The van der Waals surface area contributed by atoms with Crippen molar-refractivity contribution < 1.29 is 19.8 Å². The predicted octanol–water partition coefficient (Wildman–Crippen LogP) is 3.27. The summed E-state index contributed by atoms with van der Waals surface area (Å²) in [7, 11) is 0. The number of carboxylic acids is 2. The largest absolute Gasteiger partial charge is 0.481 e. The van der Waals surface area contributed by atoms with E-state index in [-0.39, 0.29) is 29.1 Å². The zero-order chi connectivity index (χ0) is 14.8. The minimum Gasteiger partial charge on any atom is -0.481 e. The van der Waals surface area contributed by atoms with Gasteiger partial charge in [-0.1, -0.05) is 6.92 Å². The second kappa shape index (κ2) is 3.90. The molecule has 4 aliphatic carbocycles. The lowest BCUT2D eigenvalue weighted by atomic mass is 9.38. The number of alkyl halides is 1. The molecule has 2 unspecified atom stereocenters. The summed E-state index contributed by atoms with van der Waals surface area (Å²) in [6.07, 6.45) is 5.06. The van der Waals surface area contributed by atoms with Crippen LogP contribution >= 0.6 is 11.6 Å². The van der Waals surface area contributed by atoms with E-state index in [4.69, 9.17) is 11.6 Å². The minimum atomic E-state index is -0.790. The van der Waals surface area contributed by atoms with Crippen molar-refractivity contribution in [3.05, 3.63) is 0 Å². The van der Waals surface area contributed by atoms with Crippen LogP contribution in [0.5, 0.6) is 0 Å². The molecule has 0 radical (unpaired) electrons. The highest BCUT2D eigenvalue weighted by atomic mass is 35.5. The SMILES string of the molecule is CC12CC3(Cl)CC(CC(=O)O)(C1)CC(CC(=O)O)(C2)C3. The molecule has 0 aromatic carbocycles. The van der Waals surface area contributed by atoms with Crippen LogP contribution in [0.3, 0.4) is 0 Å². The zero-order valence-electron chi connectivity index (χ0n) is 11.7. The second-order valence-corrected chi connectivity index (χ2v) is 8.97. The Balaban J connectivity index is 2.00. The molecule has 112 valence electrons. The van der Waals surface area contributed by atoms with Crippen LogP contribution in [0, 0.1) is 16.2 Å². The van der Waals surface area contributed by atoms with Crippen LogP contribution < -0.4 is 0 Å². The molecule has 4 aliphatic rings. The number of hydrogen-bond acceptors (Lipinski definition) is 2. The number of hydrogen-bond donors (Lipinski definition) is 2. The van der Waals surface area contributed by atoms with Crippen molar-refractivity contribution in [2.75, 3.05) is 0 Å². The molecule has 4 fully saturated rings. The van der Waals surface area contributed by atoms with E-state index in [1.165, 1.54) is 0 Å². The standard InChI is InChI=1S/C15H21ClO4/c1-12-4-13(2-10(17)18)7-14(5-12,3-11(19)20)9-15(16,6-12)8-13/h2-9H2,1H3,(H,17,18)(H,19,20). The molecule has 0 amide bonds. The van der Waals surface area contributed by atoms with Crippen molar-refractivity contribution in [2.24, 2.45) is 16.2 Å². The molecule has 4 saturated carbocycles. The summed E-state index contributed by atoms with van der Waals surface area (Å²) in [5.41, 5.74) is -0.597. The Hall–Kier alpha value is -0.770. The van der Waals surface area contributed by atoms with E-state index in [1.54, 1.807) is 0 Å². The average molecular weight is 301 g/mol. The van der Waals surface area contributed by atoms with Crippen molar-refractivity contribution >= 4 is 23.5 Å². The smallest absolute Gasteiger partial charge is 0.303 e. The number of aliphatic carboxylic acids is 2. The fourth-order valence-electron chi connectivity index (χ4n) is 6.48. The molecule has 0 saturated heterocycles. The van der Waals surface area contributed by atoms with E-state index in [0.29, 0.717) is 6.42 Å². The van der Waals surface area contributed by atoms with Crippen LogP contribution in [0.15, 0.2) is 0 Å². The lowest BCUT2D eigenvalue weighted by molar-refractivity contribution is -0.170. The van der Waals surface area contributed by atoms with Crippen LogP contribution in [-0.4, -0.2) is 27.0 Å². The van der Waals surface area contributed by atoms with Crippen LogP contribution in [0.4, 0.5) is 0 Å². The molecule has 20 heavy (non-hydrogen) atoms. The van der Waals surface area contributed by atoms with Gasteiger partial charge in [0.25, 0.3) is 0 Å². The van der Waals surface area contributed by atoms with Gasteiger partial charge < -0.3 is 10.2 Å². The summed E-state index contributed by atoms with van der Waals surface area (Å²) >= 11 is 6.78. The van der Waals surface area contributed by atoms with Gasteiger partial charge in [0.2, 0.25) is 0 Å². The van der Waals surface area contributed by atoms with Gasteiger partial charge in [-0.05, 0) is 54.8 Å². The molecule has 2 atom stereocenters. The van der Waals surface area contributed by atoms with E-state index < -0.39 is 16.8 Å². The van der Waals surface area contributed by atoms with Gasteiger partial charge in [0.05, 0.1) is 12.8 Å². The first-order valence-electron chi connectivity index (χ1n) is 7.20. The van der Waals surface area contributed by atoms with Crippen molar-refractivity contribution in [1.82, 2.24) is 0 Å². The highest BCUT2D eigenvalue weighted by Gasteiger charge is 2.66. The first-order chi connectivity index (χ1) is 9.08. The first-order valence-corrected chi connectivity index (χ1v) is 7.58. The number of rotatable bonds is 4. The molecule has 2 N–H and O–H groups in total. The van der Waals surface area contributed by atoms with E-state index in [9.17, 15) is 19.8 Å². The lowest BCUT2D eigenvalue weighted by Crippen LogP contribution is -2.62. The van der Waals surface area contributed by atoms with E-state index in [1.807, 2.05) is 0 Å².